The zero-order chi connectivity index (χ0) is 23.4. The van der Waals surface area contributed by atoms with E-state index in [4.69, 9.17) is 44.1 Å². The van der Waals surface area contributed by atoms with Gasteiger partial charge < -0.3 is 14.6 Å². The molecule has 1 amide bonds. The maximum atomic E-state index is 12.8. The van der Waals surface area contributed by atoms with Gasteiger partial charge in [-0.05, 0) is 54.4 Å². The molecule has 0 aliphatic carbocycles. The first-order chi connectivity index (χ1) is 15.9. The van der Waals surface area contributed by atoms with Crippen LogP contribution >= 0.6 is 34.8 Å². The first-order valence-electron chi connectivity index (χ1n) is 9.80. The molecule has 2 aromatic heterocycles. The van der Waals surface area contributed by atoms with E-state index in [-0.39, 0.29) is 16.0 Å². The molecule has 1 N–H and O–H groups in total. The van der Waals surface area contributed by atoms with Gasteiger partial charge in [0.25, 0.3) is 5.91 Å². The number of nitrogens with one attached hydrogen (secondary N) is 1. The lowest BCUT2D eigenvalue weighted by molar-refractivity contribution is 0.102. The second kappa shape index (κ2) is 10.2. The van der Waals surface area contributed by atoms with Crippen LogP contribution in [0.2, 0.25) is 15.1 Å². The lowest BCUT2D eigenvalue weighted by Crippen LogP contribution is -2.13. The van der Waals surface area contributed by atoms with Crippen LogP contribution in [0, 0.1) is 0 Å². The third-order valence-corrected chi connectivity index (χ3v) is 5.64. The Morgan fingerprint density at radius 2 is 1.76 bits per heavy atom. The second-order valence-electron chi connectivity index (χ2n) is 6.98. The van der Waals surface area contributed by atoms with E-state index in [1.54, 1.807) is 37.4 Å². The Kier molecular flexibility index (Phi) is 7.13. The van der Waals surface area contributed by atoms with Crippen molar-refractivity contribution in [3.63, 3.8) is 0 Å². The lowest BCUT2D eigenvalue weighted by atomic mass is 10.0. The highest BCUT2D eigenvalue weighted by Crippen LogP contribution is 2.30. The highest BCUT2D eigenvalue weighted by molar-refractivity contribution is 6.39. The second-order valence-corrected chi connectivity index (χ2v) is 8.23. The Labute approximate surface area is 204 Å². The third-order valence-electron chi connectivity index (χ3n) is 4.81. The predicted molar refractivity (Wildman–Crippen MR) is 127 cm³/mol. The smallest absolute Gasteiger partial charge is 0.255 e. The molecular formula is C23H17Cl3N4O3. The van der Waals surface area contributed by atoms with Crippen LogP contribution in [0.5, 0.6) is 5.75 Å². The van der Waals surface area contributed by atoms with Crippen LogP contribution in [-0.4, -0.2) is 28.1 Å². The molecule has 0 saturated heterocycles. The van der Waals surface area contributed by atoms with Gasteiger partial charge in [-0.15, -0.1) is 0 Å². The number of halogens is 3. The molecule has 0 unspecified atom stereocenters. The summed E-state index contributed by atoms with van der Waals surface area (Å²) in [6.45, 7) is 0. The number of aryl methyl sites for hydroxylation is 2. The molecule has 4 aromatic rings. The third kappa shape index (κ3) is 5.45. The van der Waals surface area contributed by atoms with E-state index in [2.05, 4.69) is 20.4 Å². The van der Waals surface area contributed by atoms with Gasteiger partial charge in [0.15, 0.2) is 0 Å². The van der Waals surface area contributed by atoms with E-state index < -0.39 is 0 Å². The van der Waals surface area contributed by atoms with Crippen LogP contribution in [0.15, 0.2) is 59.4 Å². The van der Waals surface area contributed by atoms with Crippen molar-refractivity contribution in [2.24, 2.45) is 0 Å². The Morgan fingerprint density at radius 1 is 1.03 bits per heavy atom. The number of hydrogen-bond acceptors (Lipinski definition) is 6. The van der Waals surface area contributed by atoms with Crippen molar-refractivity contribution in [1.29, 1.82) is 0 Å². The zero-order valence-electron chi connectivity index (χ0n) is 17.3. The maximum Gasteiger partial charge on any atom is 0.255 e. The number of methoxy groups -OCH3 is 1. The Balaban J connectivity index is 1.49. The van der Waals surface area contributed by atoms with E-state index in [1.165, 1.54) is 12.4 Å². The Morgan fingerprint density at radius 3 is 2.45 bits per heavy atom. The van der Waals surface area contributed by atoms with Crippen LogP contribution in [0.25, 0.3) is 11.4 Å². The molecular weight excluding hydrogens is 487 g/mol. The van der Waals surface area contributed by atoms with E-state index in [0.29, 0.717) is 46.6 Å². The number of aromatic nitrogens is 3. The van der Waals surface area contributed by atoms with E-state index >= 15 is 0 Å². The topological polar surface area (TPSA) is 90.1 Å². The molecule has 7 nitrogen and oxygen atoms in total. The van der Waals surface area contributed by atoms with Crippen molar-refractivity contribution in [3.05, 3.63) is 86.9 Å². The van der Waals surface area contributed by atoms with Crippen molar-refractivity contribution >= 4 is 46.4 Å². The van der Waals surface area contributed by atoms with Crippen molar-refractivity contribution in [3.8, 4) is 17.1 Å². The number of anilines is 1. The van der Waals surface area contributed by atoms with Gasteiger partial charge >= 0.3 is 0 Å². The van der Waals surface area contributed by atoms with Crippen LogP contribution < -0.4 is 10.1 Å². The summed E-state index contributed by atoms with van der Waals surface area (Å²) in [4.78, 5) is 21.1. The largest absolute Gasteiger partial charge is 0.496 e. The molecule has 0 fully saturated rings. The fourth-order valence-corrected chi connectivity index (χ4v) is 3.73. The monoisotopic (exact) mass is 502 g/mol. The van der Waals surface area contributed by atoms with Crippen LogP contribution in [0.4, 0.5) is 5.69 Å². The van der Waals surface area contributed by atoms with Gasteiger partial charge in [0, 0.05) is 35.0 Å². The first-order valence-corrected chi connectivity index (χ1v) is 10.9. The molecule has 0 bridgehead atoms. The summed E-state index contributed by atoms with van der Waals surface area (Å²) in [6, 6.07) is 12.3. The number of carbonyl (C=O) groups excluding carboxylic acids is 1. The molecule has 33 heavy (non-hydrogen) atoms. The van der Waals surface area contributed by atoms with Crippen molar-refractivity contribution in [2.45, 2.75) is 12.8 Å². The molecule has 0 aliphatic heterocycles. The highest BCUT2D eigenvalue weighted by atomic mass is 35.5. The maximum absolute atomic E-state index is 12.8. The molecule has 0 spiro atoms. The van der Waals surface area contributed by atoms with Gasteiger partial charge in [0.2, 0.25) is 11.7 Å². The molecule has 2 aromatic carbocycles. The molecule has 2 heterocycles. The summed E-state index contributed by atoms with van der Waals surface area (Å²) in [5, 5.41) is 7.88. The summed E-state index contributed by atoms with van der Waals surface area (Å²) in [5.41, 5.74) is 2.33. The SMILES string of the molecule is COc1ccc(C(=O)Nc2c(Cl)cncc2Cl)cc1CCc1nc(-c2ccc(Cl)cc2)no1. The molecule has 0 radical (unpaired) electrons. The standard InChI is InChI=1S/C23H17Cl3N4O3/c1-32-19-8-4-15(23(31)29-21-17(25)11-27-12-18(21)26)10-14(19)5-9-20-28-22(30-33-20)13-2-6-16(24)7-3-13/h2-4,6-8,10-12H,5,9H2,1H3,(H,27,29,31). The van der Waals surface area contributed by atoms with Gasteiger partial charge in [-0.2, -0.15) is 4.98 Å². The summed E-state index contributed by atoms with van der Waals surface area (Å²) in [6.07, 6.45) is 3.80. The van der Waals surface area contributed by atoms with Gasteiger partial charge in [-0.25, -0.2) is 0 Å². The number of hydrogen-bond donors (Lipinski definition) is 1. The number of amides is 1. The number of nitrogens with zero attached hydrogens (tertiary/aromatic N) is 3. The molecule has 0 aliphatic rings. The lowest BCUT2D eigenvalue weighted by Gasteiger charge is -2.12. The summed E-state index contributed by atoms with van der Waals surface area (Å²) >= 11 is 18.1. The molecule has 0 saturated carbocycles. The molecule has 10 heteroatoms. The van der Waals surface area contributed by atoms with Crippen LogP contribution in [0.3, 0.4) is 0 Å². The summed E-state index contributed by atoms with van der Waals surface area (Å²) in [7, 11) is 1.57. The van der Waals surface area contributed by atoms with Crippen LogP contribution in [0.1, 0.15) is 21.8 Å². The number of ether oxygens (including phenoxy) is 1. The number of pyridine rings is 1. The first kappa shape index (κ1) is 23.0. The number of benzene rings is 2. The summed E-state index contributed by atoms with van der Waals surface area (Å²) in [5.74, 6) is 1.22. The van der Waals surface area contributed by atoms with Gasteiger partial charge in [-0.1, -0.05) is 40.0 Å². The summed E-state index contributed by atoms with van der Waals surface area (Å²) < 4.78 is 10.8. The minimum atomic E-state index is -0.364. The van der Waals surface area contributed by atoms with E-state index in [0.717, 1.165) is 11.1 Å². The predicted octanol–water partition coefficient (Wildman–Crippen LogP) is 6.14. The van der Waals surface area contributed by atoms with Gasteiger partial charge in [-0.3, -0.25) is 9.78 Å². The van der Waals surface area contributed by atoms with Crippen LogP contribution in [-0.2, 0) is 12.8 Å². The molecule has 4 rings (SSSR count). The Hall–Kier alpha value is -3.13. The minimum absolute atomic E-state index is 0.248. The average Bonchev–Trinajstić information content (AvgIpc) is 3.29. The normalized spacial score (nSPS) is 10.8. The Bertz CT molecular complexity index is 1270. The highest BCUT2D eigenvalue weighted by Gasteiger charge is 2.16. The van der Waals surface area contributed by atoms with E-state index in [9.17, 15) is 4.79 Å². The van der Waals surface area contributed by atoms with Gasteiger partial charge in [0.05, 0.1) is 22.8 Å². The molecule has 0 atom stereocenters. The number of carbonyl (C=O) groups is 1. The zero-order valence-corrected chi connectivity index (χ0v) is 19.6. The van der Waals surface area contributed by atoms with Crippen molar-refractivity contribution in [2.75, 3.05) is 12.4 Å². The van der Waals surface area contributed by atoms with E-state index in [1.807, 2.05) is 12.1 Å². The fraction of sp³-hybridized carbons (Fsp3) is 0.130. The molecule has 168 valence electrons. The quantitative estimate of drug-likeness (QED) is 0.326. The average molecular weight is 504 g/mol. The fourth-order valence-electron chi connectivity index (χ4n) is 3.15. The van der Waals surface area contributed by atoms with Gasteiger partial charge in [0.1, 0.15) is 5.75 Å². The minimum Gasteiger partial charge on any atom is -0.496 e. The van der Waals surface area contributed by atoms with Crippen molar-refractivity contribution in [1.82, 2.24) is 15.1 Å². The number of rotatable bonds is 7. The van der Waals surface area contributed by atoms with Crippen molar-refractivity contribution < 1.29 is 14.1 Å².